The molecule has 3 saturated heterocycles. The molecule has 3 aliphatic rings. The maximum absolute atomic E-state index is 9.43. The van der Waals surface area contributed by atoms with Gasteiger partial charge in [0.15, 0.2) is 0 Å². The molecule has 5 atom stereocenters. The van der Waals surface area contributed by atoms with Crippen molar-refractivity contribution < 1.29 is 14.6 Å². The summed E-state index contributed by atoms with van der Waals surface area (Å²) in [4.78, 5) is 0. The number of fused-ring (bicyclic) bond motifs is 4. The van der Waals surface area contributed by atoms with Gasteiger partial charge >= 0.3 is 0 Å². The van der Waals surface area contributed by atoms with Crippen LogP contribution < -0.4 is 0 Å². The lowest BCUT2D eigenvalue weighted by molar-refractivity contribution is -0.0335. The SMILES string of the molecule is O[C@@H]1[C@H]2O[C@H]2[C@H]2CS[C@@H]1O2. The van der Waals surface area contributed by atoms with Crippen molar-refractivity contribution >= 4 is 11.8 Å². The summed E-state index contributed by atoms with van der Waals surface area (Å²) in [6, 6.07) is 0. The maximum atomic E-state index is 9.43. The van der Waals surface area contributed by atoms with E-state index in [1.165, 1.54) is 0 Å². The number of hydrogen-bond acceptors (Lipinski definition) is 4. The number of hydrogen-bond donors (Lipinski definition) is 1. The number of ether oxygens (including phenoxy) is 2. The van der Waals surface area contributed by atoms with Gasteiger partial charge in [-0.05, 0) is 0 Å². The Morgan fingerprint density at radius 1 is 1.30 bits per heavy atom. The number of thioether (sulfide) groups is 1. The van der Waals surface area contributed by atoms with Crippen LogP contribution in [-0.4, -0.2) is 40.7 Å². The molecule has 3 rings (SSSR count). The first-order chi connectivity index (χ1) is 4.86. The molecule has 3 fully saturated rings. The molecule has 0 amide bonds. The Morgan fingerprint density at radius 3 is 3.10 bits per heavy atom. The summed E-state index contributed by atoms with van der Waals surface area (Å²) in [6.07, 6.45) is 0.192. The van der Waals surface area contributed by atoms with Gasteiger partial charge in [0.25, 0.3) is 0 Å². The summed E-state index contributed by atoms with van der Waals surface area (Å²) < 4.78 is 10.7. The van der Waals surface area contributed by atoms with Gasteiger partial charge in [-0.25, -0.2) is 0 Å². The molecule has 0 aromatic rings. The van der Waals surface area contributed by atoms with Gasteiger partial charge in [-0.1, -0.05) is 0 Å². The second-order valence-electron chi connectivity index (χ2n) is 2.93. The van der Waals surface area contributed by atoms with Gasteiger partial charge in [-0.3, -0.25) is 0 Å². The lowest BCUT2D eigenvalue weighted by Gasteiger charge is -2.19. The number of aliphatic hydroxyl groups excluding tert-OH is 1. The van der Waals surface area contributed by atoms with Crippen LogP contribution >= 0.6 is 11.8 Å². The quantitative estimate of drug-likeness (QED) is 0.489. The summed E-state index contributed by atoms with van der Waals surface area (Å²) in [5.74, 6) is 0.989. The van der Waals surface area contributed by atoms with Crippen molar-refractivity contribution in [1.29, 1.82) is 0 Å². The van der Waals surface area contributed by atoms with Gasteiger partial charge in [0.1, 0.15) is 23.7 Å². The third-order valence-corrected chi connectivity index (χ3v) is 3.52. The lowest BCUT2D eigenvalue weighted by Crippen LogP contribution is -2.38. The van der Waals surface area contributed by atoms with Crippen LogP contribution in [0.5, 0.6) is 0 Å². The predicted octanol–water partition coefficient (Wildman–Crippen LogP) is -0.414. The van der Waals surface area contributed by atoms with Crippen molar-refractivity contribution in [2.45, 2.75) is 29.9 Å². The molecule has 0 spiro atoms. The van der Waals surface area contributed by atoms with E-state index in [1.54, 1.807) is 11.8 Å². The van der Waals surface area contributed by atoms with E-state index < -0.39 is 0 Å². The molecular formula is C6H8O3S. The van der Waals surface area contributed by atoms with E-state index in [9.17, 15) is 5.11 Å². The van der Waals surface area contributed by atoms with Crippen LogP contribution in [0.1, 0.15) is 0 Å². The fourth-order valence-electron chi connectivity index (χ4n) is 1.66. The van der Waals surface area contributed by atoms with Crippen LogP contribution in [0.4, 0.5) is 0 Å². The molecule has 0 saturated carbocycles. The van der Waals surface area contributed by atoms with Crippen molar-refractivity contribution in [2.24, 2.45) is 0 Å². The van der Waals surface area contributed by atoms with Crippen LogP contribution in [0.15, 0.2) is 0 Å². The van der Waals surface area contributed by atoms with Crippen LogP contribution in [0.3, 0.4) is 0 Å². The first kappa shape index (κ1) is 5.83. The second kappa shape index (κ2) is 1.69. The molecule has 3 heterocycles. The fraction of sp³-hybridized carbons (Fsp3) is 1.00. The highest BCUT2D eigenvalue weighted by Gasteiger charge is 2.60. The Bertz CT molecular complexity index is 172. The summed E-state index contributed by atoms with van der Waals surface area (Å²) >= 11 is 1.70. The van der Waals surface area contributed by atoms with Gasteiger partial charge in [0, 0.05) is 5.75 Å². The summed E-state index contributed by atoms with van der Waals surface area (Å²) in [6.45, 7) is 0. The molecule has 3 aliphatic heterocycles. The zero-order valence-corrected chi connectivity index (χ0v) is 6.08. The molecule has 4 heteroatoms. The van der Waals surface area contributed by atoms with Crippen molar-refractivity contribution in [3.63, 3.8) is 0 Å². The van der Waals surface area contributed by atoms with E-state index in [-0.39, 0.29) is 29.9 Å². The van der Waals surface area contributed by atoms with Gasteiger partial charge in [0.05, 0.1) is 6.10 Å². The zero-order valence-electron chi connectivity index (χ0n) is 5.27. The smallest absolute Gasteiger partial charge is 0.132 e. The highest BCUT2D eigenvalue weighted by Crippen LogP contribution is 2.46. The van der Waals surface area contributed by atoms with Gasteiger partial charge in [-0.2, -0.15) is 0 Å². The van der Waals surface area contributed by atoms with Crippen LogP contribution in [0, 0.1) is 0 Å². The molecule has 10 heavy (non-hydrogen) atoms. The number of aliphatic hydroxyl groups is 1. The highest BCUT2D eigenvalue weighted by atomic mass is 32.2. The van der Waals surface area contributed by atoms with Crippen molar-refractivity contribution in [3.8, 4) is 0 Å². The van der Waals surface area contributed by atoms with E-state index >= 15 is 0 Å². The maximum Gasteiger partial charge on any atom is 0.132 e. The lowest BCUT2D eigenvalue weighted by atomic mass is 10.1. The first-order valence-corrected chi connectivity index (χ1v) is 4.52. The summed E-state index contributed by atoms with van der Waals surface area (Å²) in [5, 5.41) is 9.43. The van der Waals surface area contributed by atoms with E-state index in [0.29, 0.717) is 0 Å². The summed E-state index contributed by atoms with van der Waals surface area (Å²) in [7, 11) is 0. The Balaban J connectivity index is 1.91. The van der Waals surface area contributed by atoms with E-state index in [0.717, 1.165) is 5.75 Å². The Morgan fingerprint density at radius 2 is 2.20 bits per heavy atom. The largest absolute Gasteiger partial charge is 0.387 e. The van der Waals surface area contributed by atoms with Gasteiger partial charge in [0.2, 0.25) is 0 Å². The molecule has 3 nitrogen and oxygen atoms in total. The molecule has 0 aromatic heterocycles. The van der Waals surface area contributed by atoms with E-state index in [4.69, 9.17) is 9.47 Å². The third kappa shape index (κ3) is 0.580. The molecule has 0 aliphatic carbocycles. The van der Waals surface area contributed by atoms with Crippen molar-refractivity contribution in [1.82, 2.24) is 0 Å². The zero-order chi connectivity index (χ0) is 6.72. The number of epoxide rings is 1. The fourth-order valence-corrected chi connectivity index (χ4v) is 2.88. The van der Waals surface area contributed by atoms with E-state index in [1.807, 2.05) is 0 Å². The van der Waals surface area contributed by atoms with Crippen molar-refractivity contribution in [2.75, 3.05) is 5.75 Å². The van der Waals surface area contributed by atoms with Gasteiger partial charge in [-0.15, -0.1) is 11.8 Å². The first-order valence-electron chi connectivity index (χ1n) is 3.47. The van der Waals surface area contributed by atoms with Crippen LogP contribution in [0.25, 0.3) is 0 Å². The third-order valence-electron chi connectivity index (χ3n) is 2.28. The van der Waals surface area contributed by atoms with Crippen LogP contribution in [-0.2, 0) is 9.47 Å². The monoisotopic (exact) mass is 160 g/mol. The molecule has 0 radical (unpaired) electrons. The predicted molar refractivity (Wildman–Crippen MR) is 35.8 cm³/mol. The minimum Gasteiger partial charge on any atom is -0.387 e. The van der Waals surface area contributed by atoms with Crippen molar-refractivity contribution in [3.05, 3.63) is 0 Å². The number of rotatable bonds is 0. The average Bonchev–Trinajstić information content (AvgIpc) is 2.61. The molecule has 2 bridgehead atoms. The standard InChI is InChI=1S/C6H8O3S/c7-3-5-4(9-5)2-1-10-6(3)8-2/h2-7H,1H2/t2-,3-,4+,5-,6+/m1/s1. The highest BCUT2D eigenvalue weighted by molar-refractivity contribution is 8.00. The molecular weight excluding hydrogens is 152 g/mol. The molecule has 56 valence electrons. The normalized spacial score (nSPS) is 63.9. The van der Waals surface area contributed by atoms with E-state index in [2.05, 4.69) is 0 Å². The minimum atomic E-state index is -0.381. The molecule has 0 aromatic carbocycles. The van der Waals surface area contributed by atoms with Gasteiger partial charge < -0.3 is 14.6 Å². The second-order valence-corrected chi connectivity index (χ2v) is 4.06. The summed E-state index contributed by atoms with van der Waals surface area (Å²) in [5.41, 5.74) is -0.00579. The molecule has 0 unspecified atom stereocenters. The van der Waals surface area contributed by atoms with Crippen LogP contribution in [0.2, 0.25) is 0 Å². The Labute approximate surface area is 62.7 Å². The Kier molecular flexibility index (Phi) is 0.985. The average molecular weight is 160 g/mol. The molecule has 1 N–H and O–H groups in total. The minimum absolute atomic E-state index is 0.00579. The Hall–Kier alpha value is 0.230. The topological polar surface area (TPSA) is 42.0 Å².